The maximum absolute atomic E-state index is 12.2. The van der Waals surface area contributed by atoms with Crippen LogP contribution in [0.2, 0.25) is 0 Å². The van der Waals surface area contributed by atoms with E-state index in [0.717, 1.165) is 23.4 Å². The highest BCUT2D eigenvalue weighted by Gasteiger charge is 2.16. The van der Waals surface area contributed by atoms with E-state index in [1.807, 2.05) is 60.4 Å². The van der Waals surface area contributed by atoms with Crippen molar-refractivity contribution in [3.05, 3.63) is 65.2 Å². The molecule has 0 bridgehead atoms. The smallest absolute Gasteiger partial charge is 0.251 e. The van der Waals surface area contributed by atoms with E-state index >= 15 is 0 Å². The molecule has 24 heavy (non-hydrogen) atoms. The molecule has 124 valence electrons. The zero-order chi connectivity index (χ0) is 16.9. The molecule has 0 radical (unpaired) electrons. The SMILES string of the molecule is Cc1cccc(C(=O)NCc2ccc(N3CCNC(=O)C3)cc2)c1. The number of rotatable bonds is 4. The molecule has 1 heterocycles. The van der Waals surface area contributed by atoms with Crippen LogP contribution in [0.1, 0.15) is 21.5 Å². The van der Waals surface area contributed by atoms with Gasteiger partial charge in [0, 0.05) is 30.9 Å². The highest BCUT2D eigenvalue weighted by Crippen LogP contribution is 2.16. The third-order valence-corrected chi connectivity index (χ3v) is 4.07. The van der Waals surface area contributed by atoms with Gasteiger partial charge < -0.3 is 15.5 Å². The predicted octanol–water partition coefficient (Wildman–Crippen LogP) is 1.86. The van der Waals surface area contributed by atoms with Gasteiger partial charge in [-0.1, -0.05) is 29.8 Å². The standard InChI is InChI=1S/C19H21N3O2/c1-14-3-2-4-16(11-14)19(24)21-12-15-5-7-17(8-6-15)22-10-9-20-18(23)13-22/h2-8,11H,9-10,12-13H2,1H3,(H,20,23)(H,21,24). The third kappa shape index (κ3) is 3.93. The van der Waals surface area contributed by atoms with E-state index in [0.29, 0.717) is 25.2 Å². The summed E-state index contributed by atoms with van der Waals surface area (Å²) < 4.78 is 0. The Morgan fingerprint density at radius 1 is 1.21 bits per heavy atom. The van der Waals surface area contributed by atoms with Crippen LogP contribution in [0.15, 0.2) is 48.5 Å². The molecule has 0 saturated carbocycles. The second-order valence-electron chi connectivity index (χ2n) is 5.99. The van der Waals surface area contributed by atoms with Crippen molar-refractivity contribution in [1.29, 1.82) is 0 Å². The van der Waals surface area contributed by atoms with Gasteiger partial charge in [0.05, 0.1) is 6.54 Å². The number of hydrogen-bond donors (Lipinski definition) is 2. The molecule has 0 unspecified atom stereocenters. The van der Waals surface area contributed by atoms with E-state index in [1.54, 1.807) is 0 Å². The first kappa shape index (κ1) is 16.1. The van der Waals surface area contributed by atoms with Crippen LogP contribution in [-0.2, 0) is 11.3 Å². The largest absolute Gasteiger partial charge is 0.360 e. The summed E-state index contributed by atoms with van der Waals surface area (Å²) in [5.41, 5.74) is 3.79. The van der Waals surface area contributed by atoms with E-state index in [-0.39, 0.29) is 11.8 Å². The third-order valence-electron chi connectivity index (χ3n) is 4.07. The molecule has 0 aromatic heterocycles. The molecule has 0 spiro atoms. The van der Waals surface area contributed by atoms with Gasteiger partial charge in [0.15, 0.2) is 0 Å². The molecule has 5 nitrogen and oxygen atoms in total. The van der Waals surface area contributed by atoms with Crippen molar-refractivity contribution in [2.45, 2.75) is 13.5 Å². The summed E-state index contributed by atoms with van der Waals surface area (Å²) >= 11 is 0. The Morgan fingerprint density at radius 3 is 2.71 bits per heavy atom. The summed E-state index contributed by atoms with van der Waals surface area (Å²) in [5, 5.41) is 5.75. The quantitative estimate of drug-likeness (QED) is 0.903. The molecule has 0 atom stereocenters. The number of aryl methyl sites for hydroxylation is 1. The first-order valence-corrected chi connectivity index (χ1v) is 8.07. The van der Waals surface area contributed by atoms with Crippen molar-refractivity contribution in [2.75, 3.05) is 24.5 Å². The maximum atomic E-state index is 12.2. The van der Waals surface area contributed by atoms with E-state index < -0.39 is 0 Å². The zero-order valence-electron chi connectivity index (χ0n) is 13.7. The highest BCUT2D eigenvalue weighted by atomic mass is 16.2. The van der Waals surface area contributed by atoms with Crippen LogP contribution in [0.4, 0.5) is 5.69 Å². The normalized spacial score (nSPS) is 14.2. The molecule has 2 aromatic carbocycles. The predicted molar refractivity (Wildman–Crippen MR) is 94.0 cm³/mol. The summed E-state index contributed by atoms with van der Waals surface area (Å²) in [6, 6.07) is 15.5. The molecule has 1 aliphatic rings. The second kappa shape index (κ2) is 7.17. The van der Waals surface area contributed by atoms with Gasteiger partial charge in [0.25, 0.3) is 5.91 Å². The maximum Gasteiger partial charge on any atom is 0.251 e. The molecule has 2 amide bonds. The molecule has 1 aliphatic heterocycles. The Balaban J connectivity index is 1.58. The second-order valence-corrected chi connectivity index (χ2v) is 5.99. The van der Waals surface area contributed by atoms with Crippen LogP contribution < -0.4 is 15.5 Å². The zero-order valence-corrected chi connectivity index (χ0v) is 13.7. The molecule has 1 saturated heterocycles. The lowest BCUT2D eigenvalue weighted by molar-refractivity contribution is -0.120. The monoisotopic (exact) mass is 323 g/mol. The average Bonchev–Trinajstić information content (AvgIpc) is 2.60. The van der Waals surface area contributed by atoms with Crippen molar-refractivity contribution in [2.24, 2.45) is 0 Å². The van der Waals surface area contributed by atoms with Gasteiger partial charge in [-0.15, -0.1) is 0 Å². The number of nitrogens with zero attached hydrogens (tertiary/aromatic N) is 1. The van der Waals surface area contributed by atoms with Gasteiger partial charge in [0.2, 0.25) is 5.91 Å². The van der Waals surface area contributed by atoms with Crippen molar-refractivity contribution in [3.63, 3.8) is 0 Å². The fraction of sp³-hybridized carbons (Fsp3) is 0.263. The first-order chi connectivity index (χ1) is 11.6. The molecule has 3 rings (SSSR count). The number of piperazine rings is 1. The Labute approximate surface area is 141 Å². The summed E-state index contributed by atoms with van der Waals surface area (Å²) in [4.78, 5) is 25.7. The summed E-state index contributed by atoms with van der Waals surface area (Å²) in [6.45, 7) is 4.33. The summed E-state index contributed by atoms with van der Waals surface area (Å²) in [5.74, 6) is -0.0220. The van der Waals surface area contributed by atoms with Crippen LogP contribution in [0.5, 0.6) is 0 Å². The minimum atomic E-state index is -0.0736. The number of carbonyl (C=O) groups is 2. The van der Waals surface area contributed by atoms with Crippen molar-refractivity contribution >= 4 is 17.5 Å². The van der Waals surface area contributed by atoms with Gasteiger partial charge in [0.1, 0.15) is 0 Å². The number of hydrogen-bond acceptors (Lipinski definition) is 3. The van der Waals surface area contributed by atoms with Crippen molar-refractivity contribution in [1.82, 2.24) is 10.6 Å². The molecule has 2 aromatic rings. The molecular weight excluding hydrogens is 302 g/mol. The number of anilines is 1. The van der Waals surface area contributed by atoms with Gasteiger partial charge in [-0.05, 0) is 36.8 Å². The van der Waals surface area contributed by atoms with Gasteiger partial charge >= 0.3 is 0 Å². The van der Waals surface area contributed by atoms with Crippen LogP contribution in [0.25, 0.3) is 0 Å². The fourth-order valence-corrected chi connectivity index (χ4v) is 2.75. The molecule has 2 N–H and O–H groups in total. The number of carbonyl (C=O) groups excluding carboxylic acids is 2. The summed E-state index contributed by atoms with van der Waals surface area (Å²) in [7, 11) is 0. The topological polar surface area (TPSA) is 61.4 Å². The molecule has 5 heteroatoms. The summed E-state index contributed by atoms with van der Waals surface area (Å²) in [6.07, 6.45) is 0. The van der Waals surface area contributed by atoms with Gasteiger partial charge in [-0.2, -0.15) is 0 Å². The van der Waals surface area contributed by atoms with Gasteiger partial charge in [-0.25, -0.2) is 0 Å². The fourth-order valence-electron chi connectivity index (χ4n) is 2.75. The lowest BCUT2D eigenvalue weighted by atomic mass is 10.1. The number of benzene rings is 2. The Hall–Kier alpha value is -2.82. The molecular formula is C19H21N3O2. The van der Waals surface area contributed by atoms with E-state index in [4.69, 9.17) is 0 Å². The molecule has 0 aliphatic carbocycles. The lowest BCUT2D eigenvalue weighted by Crippen LogP contribution is -2.47. The van der Waals surface area contributed by atoms with Crippen LogP contribution in [0.3, 0.4) is 0 Å². The van der Waals surface area contributed by atoms with Crippen LogP contribution in [0, 0.1) is 6.92 Å². The minimum Gasteiger partial charge on any atom is -0.360 e. The lowest BCUT2D eigenvalue weighted by Gasteiger charge is -2.28. The van der Waals surface area contributed by atoms with E-state index in [1.165, 1.54) is 0 Å². The average molecular weight is 323 g/mol. The van der Waals surface area contributed by atoms with E-state index in [9.17, 15) is 9.59 Å². The van der Waals surface area contributed by atoms with Gasteiger partial charge in [-0.3, -0.25) is 9.59 Å². The van der Waals surface area contributed by atoms with E-state index in [2.05, 4.69) is 10.6 Å². The van der Waals surface area contributed by atoms with Crippen molar-refractivity contribution < 1.29 is 9.59 Å². The highest BCUT2D eigenvalue weighted by molar-refractivity contribution is 5.94. The first-order valence-electron chi connectivity index (χ1n) is 8.07. The Bertz CT molecular complexity index is 741. The number of amides is 2. The minimum absolute atomic E-state index is 0.0516. The van der Waals surface area contributed by atoms with Crippen LogP contribution in [-0.4, -0.2) is 31.4 Å². The Morgan fingerprint density at radius 2 is 2.00 bits per heavy atom. The Kier molecular flexibility index (Phi) is 4.79. The van der Waals surface area contributed by atoms with Crippen LogP contribution >= 0.6 is 0 Å². The number of nitrogens with one attached hydrogen (secondary N) is 2. The van der Waals surface area contributed by atoms with Crippen molar-refractivity contribution in [3.8, 4) is 0 Å². The molecule has 1 fully saturated rings.